The van der Waals surface area contributed by atoms with Gasteiger partial charge in [-0.2, -0.15) is 0 Å². The Bertz CT molecular complexity index is 603. The van der Waals surface area contributed by atoms with Crippen molar-refractivity contribution in [2.45, 2.75) is 31.8 Å². The van der Waals surface area contributed by atoms with Crippen LogP contribution in [0.3, 0.4) is 0 Å². The van der Waals surface area contributed by atoms with Gasteiger partial charge in [0, 0.05) is 29.7 Å². The Hall–Kier alpha value is -1.07. The minimum absolute atomic E-state index is 0. The first-order valence-electron chi connectivity index (χ1n) is 7.41. The summed E-state index contributed by atoms with van der Waals surface area (Å²) in [5.41, 5.74) is 7.71. The number of nitrogens with two attached hydrogens (primary N) is 1. The van der Waals surface area contributed by atoms with Crippen LogP contribution in [-0.2, 0) is 6.54 Å². The van der Waals surface area contributed by atoms with E-state index in [-0.39, 0.29) is 12.4 Å². The molecule has 0 amide bonds. The Morgan fingerprint density at radius 2 is 2.23 bits per heavy atom. The number of halogens is 2. The summed E-state index contributed by atoms with van der Waals surface area (Å²) in [4.78, 5) is 6.98. The molecule has 6 heteroatoms. The molecule has 1 saturated heterocycles. The summed E-state index contributed by atoms with van der Waals surface area (Å²) in [6.45, 7) is 2.59. The van der Waals surface area contributed by atoms with Crippen LogP contribution in [0.15, 0.2) is 34.9 Å². The molecule has 120 valence electrons. The molecule has 0 bridgehead atoms. The molecule has 1 aromatic heterocycles. The number of oxazole rings is 1. The maximum Gasteiger partial charge on any atom is 0.226 e. The Morgan fingerprint density at radius 1 is 1.36 bits per heavy atom. The number of hydrogen-bond acceptors (Lipinski definition) is 4. The molecule has 1 atom stereocenters. The molecule has 2 heterocycles. The largest absolute Gasteiger partial charge is 0.444 e. The number of hydrogen-bond donors (Lipinski definition) is 1. The van der Waals surface area contributed by atoms with E-state index in [0.717, 1.165) is 24.3 Å². The fourth-order valence-electron chi connectivity index (χ4n) is 2.88. The van der Waals surface area contributed by atoms with E-state index in [1.165, 1.54) is 19.3 Å². The van der Waals surface area contributed by atoms with E-state index >= 15 is 0 Å². The van der Waals surface area contributed by atoms with Gasteiger partial charge in [0.05, 0.1) is 5.69 Å². The Kier molecular flexibility index (Phi) is 6.26. The van der Waals surface area contributed by atoms with Crippen LogP contribution in [0.25, 0.3) is 11.5 Å². The topological polar surface area (TPSA) is 55.3 Å². The summed E-state index contributed by atoms with van der Waals surface area (Å²) in [6, 6.07) is 8.02. The molecule has 3 rings (SSSR count). The second-order valence-corrected chi connectivity index (χ2v) is 5.95. The molecule has 0 saturated carbocycles. The molecule has 2 N–H and O–H groups in total. The highest BCUT2D eigenvalue weighted by Gasteiger charge is 2.22. The van der Waals surface area contributed by atoms with Gasteiger partial charge in [-0.1, -0.05) is 24.1 Å². The third-order valence-corrected chi connectivity index (χ3v) is 4.24. The van der Waals surface area contributed by atoms with E-state index in [9.17, 15) is 0 Å². The van der Waals surface area contributed by atoms with Gasteiger partial charge >= 0.3 is 0 Å². The summed E-state index contributed by atoms with van der Waals surface area (Å²) in [7, 11) is 0. The lowest BCUT2D eigenvalue weighted by Crippen LogP contribution is -2.43. The van der Waals surface area contributed by atoms with Gasteiger partial charge in [-0.3, -0.25) is 4.90 Å². The van der Waals surface area contributed by atoms with Gasteiger partial charge in [0.1, 0.15) is 6.26 Å². The van der Waals surface area contributed by atoms with E-state index in [1.54, 1.807) is 6.26 Å². The van der Waals surface area contributed by atoms with Crippen molar-refractivity contribution in [1.82, 2.24) is 9.88 Å². The number of likely N-dealkylation sites (tertiary alicyclic amines) is 1. The fraction of sp³-hybridized carbons (Fsp3) is 0.438. The lowest BCUT2D eigenvalue weighted by atomic mass is 10.0. The molecule has 2 aromatic rings. The average molecular weight is 342 g/mol. The van der Waals surface area contributed by atoms with Crippen LogP contribution in [0.1, 0.15) is 25.0 Å². The molecule has 1 aliphatic heterocycles. The Balaban J connectivity index is 0.00000176. The van der Waals surface area contributed by atoms with Gasteiger partial charge in [0.15, 0.2) is 0 Å². The minimum Gasteiger partial charge on any atom is -0.444 e. The first-order chi connectivity index (χ1) is 10.3. The predicted molar refractivity (Wildman–Crippen MR) is 91.3 cm³/mol. The van der Waals surface area contributed by atoms with E-state index in [1.807, 2.05) is 24.3 Å². The van der Waals surface area contributed by atoms with Crippen LogP contribution in [0, 0.1) is 0 Å². The standard InChI is InChI=1S/C16H20ClN3O.ClH/c17-13-5-3-4-12(8-13)16-19-14(11-21-16)10-20-7-2-1-6-15(20)9-18;/h3-5,8,11,15H,1-2,6-7,9-10,18H2;1H. The molecule has 0 spiro atoms. The Morgan fingerprint density at radius 3 is 3.00 bits per heavy atom. The molecule has 1 fully saturated rings. The molecule has 22 heavy (non-hydrogen) atoms. The summed E-state index contributed by atoms with van der Waals surface area (Å²) < 4.78 is 5.59. The first kappa shape index (κ1) is 17.3. The molecule has 1 aliphatic rings. The van der Waals surface area contributed by atoms with Gasteiger partial charge in [-0.05, 0) is 37.6 Å². The first-order valence-corrected chi connectivity index (χ1v) is 7.78. The lowest BCUT2D eigenvalue weighted by Gasteiger charge is -2.34. The van der Waals surface area contributed by atoms with Gasteiger partial charge in [-0.25, -0.2) is 4.98 Å². The van der Waals surface area contributed by atoms with Gasteiger partial charge in [0.2, 0.25) is 5.89 Å². The highest BCUT2D eigenvalue weighted by molar-refractivity contribution is 6.30. The zero-order valence-electron chi connectivity index (χ0n) is 12.4. The fourth-order valence-corrected chi connectivity index (χ4v) is 3.07. The summed E-state index contributed by atoms with van der Waals surface area (Å²) in [5, 5.41) is 0.687. The van der Waals surface area contributed by atoms with Crippen LogP contribution in [0.5, 0.6) is 0 Å². The number of benzene rings is 1. The van der Waals surface area contributed by atoms with E-state index < -0.39 is 0 Å². The molecule has 4 nitrogen and oxygen atoms in total. The van der Waals surface area contributed by atoms with Crippen molar-refractivity contribution >= 4 is 24.0 Å². The highest BCUT2D eigenvalue weighted by Crippen LogP contribution is 2.24. The van der Waals surface area contributed by atoms with Crippen molar-refractivity contribution < 1.29 is 4.42 Å². The monoisotopic (exact) mass is 341 g/mol. The van der Waals surface area contributed by atoms with Crippen molar-refractivity contribution in [3.63, 3.8) is 0 Å². The van der Waals surface area contributed by atoms with E-state index in [2.05, 4.69) is 9.88 Å². The highest BCUT2D eigenvalue weighted by atomic mass is 35.5. The summed E-state index contributed by atoms with van der Waals surface area (Å²) in [5.74, 6) is 0.619. The van der Waals surface area contributed by atoms with Gasteiger partial charge in [0.25, 0.3) is 0 Å². The van der Waals surface area contributed by atoms with Crippen molar-refractivity contribution in [2.75, 3.05) is 13.1 Å². The van der Waals surface area contributed by atoms with Crippen LogP contribution < -0.4 is 5.73 Å². The Labute approximate surface area is 142 Å². The number of piperidine rings is 1. The number of aromatic nitrogens is 1. The SMILES string of the molecule is Cl.NCC1CCCCN1Cc1coc(-c2cccc(Cl)c2)n1. The maximum atomic E-state index is 6.00. The van der Waals surface area contributed by atoms with Crippen molar-refractivity contribution in [3.8, 4) is 11.5 Å². The van der Waals surface area contributed by atoms with Crippen molar-refractivity contribution in [1.29, 1.82) is 0 Å². The molecular formula is C16H21Cl2N3O. The zero-order chi connectivity index (χ0) is 14.7. The molecule has 0 radical (unpaired) electrons. The van der Waals surface area contributed by atoms with Gasteiger partial charge < -0.3 is 10.2 Å². The lowest BCUT2D eigenvalue weighted by molar-refractivity contribution is 0.143. The molecular weight excluding hydrogens is 321 g/mol. The number of rotatable bonds is 4. The zero-order valence-corrected chi connectivity index (χ0v) is 13.9. The average Bonchev–Trinajstić information content (AvgIpc) is 2.96. The van der Waals surface area contributed by atoms with E-state index in [0.29, 0.717) is 23.5 Å². The normalized spacial score (nSPS) is 18.9. The van der Waals surface area contributed by atoms with Crippen LogP contribution in [0.4, 0.5) is 0 Å². The maximum absolute atomic E-state index is 6.00. The van der Waals surface area contributed by atoms with Gasteiger partial charge in [-0.15, -0.1) is 12.4 Å². The van der Waals surface area contributed by atoms with Crippen LogP contribution >= 0.6 is 24.0 Å². The smallest absolute Gasteiger partial charge is 0.226 e. The van der Waals surface area contributed by atoms with Crippen molar-refractivity contribution in [2.24, 2.45) is 5.73 Å². The van der Waals surface area contributed by atoms with Crippen LogP contribution in [-0.4, -0.2) is 29.0 Å². The van der Waals surface area contributed by atoms with Crippen LogP contribution in [0.2, 0.25) is 5.02 Å². The third-order valence-electron chi connectivity index (χ3n) is 4.01. The summed E-state index contributed by atoms with van der Waals surface area (Å²) >= 11 is 6.00. The quantitative estimate of drug-likeness (QED) is 0.920. The summed E-state index contributed by atoms with van der Waals surface area (Å²) in [6.07, 6.45) is 5.41. The molecule has 1 aromatic carbocycles. The second-order valence-electron chi connectivity index (χ2n) is 5.51. The predicted octanol–water partition coefficient (Wildman–Crippen LogP) is 3.73. The minimum atomic E-state index is 0. The molecule has 1 unspecified atom stereocenters. The van der Waals surface area contributed by atoms with E-state index in [4.69, 9.17) is 21.8 Å². The number of nitrogens with zero attached hydrogens (tertiary/aromatic N) is 2. The third kappa shape index (κ3) is 4.02. The second kappa shape index (κ2) is 7.97. The molecule has 0 aliphatic carbocycles. The van der Waals surface area contributed by atoms with Crippen molar-refractivity contribution in [3.05, 3.63) is 41.2 Å².